The van der Waals surface area contributed by atoms with Crippen LogP contribution in [0.4, 0.5) is 0 Å². The van der Waals surface area contributed by atoms with Crippen LogP contribution in [0.1, 0.15) is 78.6 Å². The average Bonchev–Trinajstić information content (AvgIpc) is 2.45. The molecule has 0 N–H and O–H groups in total. The van der Waals surface area contributed by atoms with E-state index in [-0.39, 0.29) is 0 Å². The van der Waals surface area contributed by atoms with E-state index in [9.17, 15) is 0 Å². The van der Waals surface area contributed by atoms with Crippen molar-refractivity contribution in [2.75, 3.05) is 13.1 Å². The molecule has 1 aliphatic carbocycles. The van der Waals surface area contributed by atoms with E-state index in [4.69, 9.17) is 11.6 Å². The van der Waals surface area contributed by atoms with Gasteiger partial charge in [-0.05, 0) is 57.5 Å². The Morgan fingerprint density at radius 2 is 1.67 bits per heavy atom. The summed E-state index contributed by atoms with van der Waals surface area (Å²) in [4.78, 5) is 2.76. The zero-order valence-electron chi connectivity index (χ0n) is 14.4. The molecular weight excluding hydrogens is 298 g/mol. The smallest absolute Gasteiger partial charge is 0.0361 e. The fourth-order valence-corrected chi connectivity index (χ4v) is 4.46. The highest BCUT2D eigenvalue weighted by Gasteiger charge is 2.29. The SMILES string of the molecule is CCCCCN(CCCC)C1CC(Cl)CC(S)CCC1C. The fraction of sp³-hybridized carbons (Fsp3) is 1.00. The van der Waals surface area contributed by atoms with Crippen LogP contribution in [-0.2, 0) is 0 Å². The number of alkyl halides is 1. The van der Waals surface area contributed by atoms with Crippen LogP contribution in [0.2, 0.25) is 0 Å². The molecule has 1 nitrogen and oxygen atoms in total. The zero-order chi connectivity index (χ0) is 15.7. The summed E-state index contributed by atoms with van der Waals surface area (Å²) >= 11 is 11.3. The van der Waals surface area contributed by atoms with Crippen molar-refractivity contribution in [2.45, 2.75) is 95.2 Å². The minimum absolute atomic E-state index is 0.301. The largest absolute Gasteiger partial charge is 0.300 e. The molecule has 3 heteroatoms. The topological polar surface area (TPSA) is 3.24 Å². The van der Waals surface area contributed by atoms with E-state index in [1.807, 2.05) is 0 Å². The Morgan fingerprint density at radius 1 is 1.00 bits per heavy atom. The van der Waals surface area contributed by atoms with Crippen LogP contribution in [0.5, 0.6) is 0 Å². The molecule has 0 heterocycles. The lowest BCUT2D eigenvalue weighted by Gasteiger charge is -2.39. The minimum atomic E-state index is 0.301. The van der Waals surface area contributed by atoms with Crippen LogP contribution in [0, 0.1) is 5.92 Å². The number of halogens is 1. The molecule has 0 amide bonds. The van der Waals surface area contributed by atoms with Gasteiger partial charge >= 0.3 is 0 Å². The number of thiol groups is 1. The van der Waals surface area contributed by atoms with Crippen molar-refractivity contribution in [2.24, 2.45) is 5.92 Å². The van der Waals surface area contributed by atoms with E-state index >= 15 is 0 Å². The molecule has 0 radical (unpaired) electrons. The summed E-state index contributed by atoms with van der Waals surface area (Å²) < 4.78 is 0. The molecule has 0 saturated heterocycles. The van der Waals surface area contributed by atoms with Crippen LogP contribution in [0.25, 0.3) is 0 Å². The van der Waals surface area contributed by atoms with Crippen LogP contribution in [-0.4, -0.2) is 34.7 Å². The molecule has 4 unspecified atom stereocenters. The summed E-state index contributed by atoms with van der Waals surface area (Å²) in [6.45, 7) is 9.52. The Bertz CT molecular complexity index is 262. The summed E-state index contributed by atoms with van der Waals surface area (Å²) in [5.74, 6) is 0.750. The highest BCUT2D eigenvalue weighted by molar-refractivity contribution is 7.80. The molecule has 126 valence electrons. The van der Waals surface area contributed by atoms with Gasteiger partial charge in [0.05, 0.1) is 0 Å². The first kappa shape index (κ1) is 19.6. The molecule has 0 aromatic rings. The summed E-state index contributed by atoms with van der Waals surface area (Å²) in [7, 11) is 0. The molecular formula is C18H36ClNS. The summed E-state index contributed by atoms with van der Waals surface area (Å²) in [6, 6.07) is 0.678. The second-order valence-corrected chi connectivity index (χ2v) is 8.29. The Labute approximate surface area is 143 Å². The molecule has 4 atom stereocenters. The number of hydrogen-bond acceptors (Lipinski definition) is 2. The molecule has 0 aromatic carbocycles. The first-order valence-corrected chi connectivity index (χ1v) is 10.1. The quantitative estimate of drug-likeness (QED) is 0.335. The van der Waals surface area contributed by atoms with Crippen molar-refractivity contribution in [3.8, 4) is 0 Å². The predicted molar refractivity (Wildman–Crippen MR) is 99.8 cm³/mol. The number of unbranched alkanes of at least 4 members (excludes halogenated alkanes) is 3. The third-order valence-corrected chi connectivity index (χ3v) is 5.78. The lowest BCUT2D eigenvalue weighted by Crippen LogP contribution is -2.44. The first-order valence-electron chi connectivity index (χ1n) is 9.14. The fourth-order valence-electron chi connectivity index (χ4n) is 3.53. The standard InChI is InChI=1S/C18H36ClNS/c1-4-6-8-12-20(11-7-5-2)18-14-16(19)13-17(21)10-9-15(18)3/h15-18,21H,4-14H2,1-3H3. The highest BCUT2D eigenvalue weighted by Crippen LogP contribution is 2.31. The van der Waals surface area contributed by atoms with Crippen LogP contribution in [0.3, 0.4) is 0 Å². The lowest BCUT2D eigenvalue weighted by molar-refractivity contribution is 0.121. The van der Waals surface area contributed by atoms with Gasteiger partial charge in [0.15, 0.2) is 0 Å². The second-order valence-electron chi connectivity index (χ2n) is 6.94. The van der Waals surface area contributed by atoms with Crippen LogP contribution < -0.4 is 0 Å². The van der Waals surface area contributed by atoms with Gasteiger partial charge in [-0.15, -0.1) is 11.6 Å². The monoisotopic (exact) mass is 333 g/mol. The summed E-state index contributed by atoms with van der Waals surface area (Å²) in [5, 5.41) is 0.802. The molecule has 21 heavy (non-hydrogen) atoms. The highest BCUT2D eigenvalue weighted by atomic mass is 35.5. The normalized spacial score (nSPS) is 31.1. The first-order chi connectivity index (χ1) is 10.1. The molecule has 1 saturated carbocycles. The molecule has 0 spiro atoms. The number of hydrogen-bond donors (Lipinski definition) is 1. The van der Waals surface area contributed by atoms with Gasteiger partial charge in [0.25, 0.3) is 0 Å². The van der Waals surface area contributed by atoms with Crippen molar-refractivity contribution < 1.29 is 0 Å². The Morgan fingerprint density at radius 3 is 2.33 bits per heavy atom. The Balaban J connectivity index is 2.65. The van der Waals surface area contributed by atoms with E-state index in [0.29, 0.717) is 16.7 Å². The third kappa shape index (κ3) is 7.61. The van der Waals surface area contributed by atoms with Crippen molar-refractivity contribution in [3.63, 3.8) is 0 Å². The minimum Gasteiger partial charge on any atom is -0.300 e. The van der Waals surface area contributed by atoms with E-state index in [2.05, 4.69) is 38.3 Å². The Hall–Kier alpha value is 0.600. The van der Waals surface area contributed by atoms with Crippen LogP contribution >= 0.6 is 24.2 Å². The van der Waals surface area contributed by atoms with E-state index in [0.717, 1.165) is 18.8 Å². The van der Waals surface area contributed by atoms with Crippen molar-refractivity contribution >= 4 is 24.2 Å². The van der Waals surface area contributed by atoms with Crippen molar-refractivity contribution in [1.29, 1.82) is 0 Å². The van der Waals surface area contributed by atoms with E-state index in [1.54, 1.807) is 0 Å². The molecule has 1 aliphatic rings. The van der Waals surface area contributed by atoms with Gasteiger partial charge in [-0.2, -0.15) is 12.6 Å². The number of nitrogens with zero attached hydrogens (tertiary/aromatic N) is 1. The summed E-state index contributed by atoms with van der Waals surface area (Å²) in [6.07, 6.45) is 11.4. The lowest BCUT2D eigenvalue weighted by atomic mass is 9.86. The second kappa shape index (κ2) is 11.2. The molecule has 0 aliphatic heterocycles. The van der Waals surface area contributed by atoms with Gasteiger partial charge in [-0.3, -0.25) is 0 Å². The zero-order valence-corrected chi connectivity index (χ0v) is 16.0. The third-order valence-electron chi connectivity index (χ3n) is 4.95. The number of rotatable bonds is 8. The van der Waals surface area contributed by atoms with Crippen molar-refractivity contribution in [1.82, 2.24) is 4.90 Å². The maximum atomic E-state index is 6.61. The van der Waals surface area contributed by atoms with Gasteiger partial charge in [0.2, 0.25) is 0 Å². The van der Waals surface area contributed by atoms with Gasteiger partial charge in [-0.25, -0.2) is 0 Å². The van der Waals surface area contributed by atoms with Gasteiger partial charge in [-0.1, -0.05) is 40.0 Å². The predicted octanol–water partition coefficient (Wildman–Crippen LogP) is 5.76. The molecule has 0 aromatic heterocycles. The molecule has 1 fully saturated rings. The van der Waals surface area contributed by atoms with Gasteiger partial charge in [0, 0.05) is 16.7 Å². The van der Waals surface area contributed by atoms with Crippen molar-refractivity contribution in [3.05, 3.63) is 0 Å². The van der Waals surface area contributed by atoms with E-state index < -0.39 is 0 Å². The van der Waals surface area contributed by atoms with Gasteiger partial charge in [0.1, 0.15) is 0 Å². The van der Waals surface area contributed by atoms with Gasteiger partial charge < -0.3 is 4.90 Å². The maximum absolute atomic E-state index is 6.61. The molecule has 0 bridgehead atoms. The van der Waals surface area contributed by atoms with E-state index in [1.165, 1.54) is 58.0 Å². The molecule has 1 rings (SSSR count). The summed E-state index contributed by atoms with van der Waals surface area (Å²) in [5.41, 5.74) is 0. The van der Waals surface area contributed by atoms with Crippen LogP contribution in [0.15, 0.2) is 0 Å². The average molecular weight is 334 g/mol. The Kier molecular flexibility index (Phi) is 10.5. The maximum Gasteiger partial charge on any atom is 0.0361 e.